The molecule has 0 heterocycles. The summed E-state index contributed by atoms with van der Waals surface area (Å²) in [6.07, 6.45) is 0. The van der Waals surface area contributed by atoms with Crippen molar-refractivity contribution in [3.63, 3.8) is 0 Å². The molecule has 2 nitrogen and oxygen atoms in total. The highest BCUT2D eigenvalue weighted by atomic mass is 32.2. The Morgan fingerprint density at radius 3 is 2.36 bits per heavy atom. The molecule has 3 heteroatoms. The molecule has 0 aliphatic heterocycles. The molecule has 0 aliphatic carbocycles. The number of aliphatic hydroxyl groups is 1. The molecule has 2 N–H and O–H groups in total. The predicted octanol–water partition coefficient (Wildman–Crippen LogP) is 0.956. The molecule has 1 atom stereocenters. The zero-order valence-electron chi connectivity index (χ0n) is 7.63. The largest absolute Gasteiger partial charge is 0.395 e. The van der Waals surface area contributed by atoms with E-state index < -0.39 is 0 Å². The van der Waals surface area contributed by atoms with Gasteiger partial charge in [-0.05, 0) is 18.7 Å². The minimum Gasteiger partial charge on any atom is -0.395 e. The summed E-state index contributed by atoms with van der Waals surface area (Å²) in [6.45, 7) is 4.66. The van der Waals surface area contributed by atoms with E-state index in [1.165, 1.54) is 5.75 Å². The van der Waals surface area contributed by atoms with E-state index in [1.54, 1.807) is 0 Å². The predicted molar refractivity (Wildman–Crippen MR) is 52.1 cm³/mol. The molecule has 1 unspecified atom stereocenters. The third kappa shape index (κ3) is 6.66. The lowest BCUT2D eigenvalue weighted by Crippen LogP contribution is -2.31. The lowest BCUT2D eigenvalue weighted by atomic mass is 10.3. The molecular weight excluding hydrogens is 158 g/mol. The van der Waals surface area contributed by atoms with Crippen LogP contribution in [0.1, 0.15) is 13.8 Å². The maximum absolute atomic E-state index is 8.82. The van der Waals surface area contributed by atoms with Crippen LogP contribution >= 0.6 is 11.8 Å². The van der Waals surface area contributed by atoms with Gasteiger partial charge in [0.15, 0.2) is 0 Å². The molecule has 11 heavy (non-hydrogen) atoms. The second kappa shape index (κ2) is 6.95. The average Bonchev–Trinajstić information content (AvgIpc) is 1.98. The molecule has 0 aliphatic rings. The normalized spacial score (nSPS) is 13.9. The molecular formula is C8H19NOS. The van der Waals surface area contributed by atoms with Crippen LogP contribution in [0.5, 0.6) is 0 Å². The monoisotopic (exact) mass is 177 g/mol. The minimum atomic E-state index is 0.238. The van der Waals surface area contributed by atoms with E-state index in [0.29, 0.717) is 0 Å². The Kier molecular flexibility index (Phi) is 7.12. The van der Waals surface area contributed by atoms with Gasteiger partial charge in [0.1, 0.15) is 0 Å². The van der Waals surface area contributed by atoms with Gasteiger partial charge in [0.05, 0.1) is 6.61 Å². The lowest BCUT2D eigenvalue weighted by molar-refractivity contribution is 0.260. The van der Waals surface area contributed by atoms with Crippen molar-refractivity contribution < 1.29 is 5.11 Å². The summed E-state index contributed by atoms with van der Waals surface area (Å²) < 4.78 is 0. The van der Waals surface area contributed by atoms with Crippen molar-refractivity contribution in [3.8, 4) is 0 Å². The number of nitrogens with one attached hydrogen (secondary N) is 1. The number of aliphatic hydroxyl groups excluding tert-OH is 1. The van der Waals surface area contributed by atoms with E-state index in [1.807, 2.05) is 18.8 Å². The van der Waals surface area contributed by atoms with Crippen LogP contribution in [0.3, 0.4) is 0 Å². The number of hydrogen-bond donors (Lipinski definition) is 2. The Bertz CT molecular complexity index is 84.2. The molecule has 0 saturated carbocycles. The Balaban J connectivity index is 3.21. The van der Waals surface area contributed by atoms with Crippen LogP contribution in [0, 0.1) is 5.92 Å². The summed E-state index contributed by atoms with van der Waals surface area (Å²) >= 11 is 1.90. The van der Waals surface area contributed by atoms with Gasteiger partial charge < -0.3 is 10.4 Å². The number of hydrogen-bond acceptors (Lipinski definition) is 3. The van der Waals surface area contributed by atoms with Crippen LogP contribution in [0.15, 0.2) is 0 Å². The van der Waals surface area contributed by atoms with E-state index in [9.17, 15) is 0 Å². The lowest BCUT2D eigenvalue weighted by Gasteiger charge is -2.12. The van der Waals surface area contributed by atoms with Crippen LogP contribution in [0.4, 0.5) is 0 Å². The maximum Gasteiger partial charge on any atom is 0.0592 e. The highest BCUT2D eigenvalue weighted by molar-refractivity contribution is 7.99. The highest BCUT2D eigenvalue weighted by Gasteiger charge is 2.03. The summed E-state index contributed by atoms with van der Waals surface area (Å²) in [4.78, 5) is 0. The molecule has 0 fully saturated rings. The summed E-state index contributed by atoms with van der Waals surface area (Å²) in [5.74, 6) is 2.93. The Morgan fingerprint density at radius 1 is 1.36 bits per heavy atom. The summed E-state index contributed by atoms with van der Waals surface area (Å²) in [5, 5.41) is 11.9. The van der Waals surface area contributed by atoms with Crippen LogP contribution in [0.2, 0.25) is 0 Å². The summed E-state index contributed by atoms with van der Waals surface area (Å²) in [6, 6.07) is 0.263. The smallest absolute Gasteiger partial charge is 0.0592 e. The van der Waals surface area contributed by atoms with Crippen LogP contribution in [-0.2, 0) is 0 Å². The number of thioether (sulfide) groups is 1. The van der Waals surface area contributed by atoms with Crippen molar-refractivity contribution in [1.82, 2.24) is 5.32 Å². The molecule has 0 rings (SSSR count). The topological polar surface area (TPSA) is 32.3 Å². The van der Waals surface area contributed by atoms with Crippen molar-refractivity contribution >= 4 is 11.8 Å². The van der Waals surface area contributed by atoms with Crippen LogP contribution in [-0.4, -0.2) is 36.3 Å². The molecule has 0 aromatic rings. The molecule has 0 bridgehead atoms. The van der Waals surface area contributed by atoms with Crippen molar-refractivity contribution in [2.24, 2.45) is 5.92 Å². The van der Waals surface area contributed by atoms with Gasteiger partial charge in [-0.2, -0.15) is 11.8 Å². The Labute approximate surface area is 73.8 Å². The van der Waals surface area contributed by atoms with Gasteiger partial charge in [0.2, 0.25) is 0 Å². The standard InChI is InChI=1S/C8H19NOS/c1-7(2)5-11-6-8(4-10)9-3/h7-10H,4-6H2,1-3H3. The third-order valence-corrected chi connectivity index (χ3v) is 2.94. The highest BCUT2D eigenvalue weighted by Crippen LogP contribution is 2.08. The fourth-order valence-electron chi connectivity index (χ4n) is 0.673. The first-order chi connectivity index (χ1) is 5.20. The van der Waals surface area contributed by atoms with Gasteiger partial charge in [0.25, 0.3) is 0 Å². The summed E-state index contributed by atoms with van der Waals surface area (Å²) in [5.41, 5.74) is 0. The fourth-order valence-corrected chi connectivity index (χ4v) is 1.84. The Hall–Kier alpha value is 0.270. The zero-order chi connectivity index (χ0) is 8.69. The van der Waals surface area contributed by atoms with Gasteiger partial charge in [-0.1, -0.05) is 13.8 Å². The second-order valence-corrected chi connectivity index (χ2v) is 4.17. The maximum atomic E-state index is 8.82. The SMILES string of the molecule is CNC(CO)CSCC(C)C. The Morgan fingerprint density at radius 2 is 2.00 bits per heavy atom. The minimum absolute atomic E-state index is 0.238. The van der Waals surface area contributed by atoms with Crippen LogP contribution in [0.25, 0.3) is 0 Å². The van der Waals surface area contributed by atoms with Crippen molar-refractivity contribution in [2.45, 2.75) is 19.9 Å². The molecule has 0 amide bonds. The fraction of sp³-hybridized carbons (Fsp3) is 1.00. The number of likely N-dealkylation sites (N-methyl/N-ethyl adjacent to an activating group) is 1. The second-order valence-electron chi connectivity index (χ2n) is 3.10. The average molecular weight is 177 g/mol. The number of rotatable bonds is 6. The molecule has 0 spiro atoms. The first kappa shape index (κ1) is 11.3. The van der Waals surface area contributed by atoms with Gasteiger partial charge in [-0.3, -0.25) is 0 Å². The van der Waals surface area contributed by atoms with Gasteiger partial charge >= 0.3 is 0 Å². The van der Waals surface area contributed by atoms with Crippen molar-refractivity contribution in [3.05, 3.63) is 0 Å². The van der Waals surface area contributed by atoms with Crippen molar-refractivity contribution in [1.29, 1.82) is 0 Å². The van der Waals surface area contributed by atoms with E-state index in [4.69, 9.17) is 5.11 Å². The quantitative estimate of drug-likeness (QED) is 0.634. The van der Waals surface area contributed by atoms with E-state index in [2.05, 4.69) is 19.2 Å². The van der Waals surface area contributed by atoms with E-state index in [0.717, 1.165) is 11.7 Å². The summed E-state index contributed by atoms with van der Waals surface area (Å²) in [7, 11) is 1.89. The first-order valence-electron chi connectivity index (χ1n) is 4.06. The molecule has 0 aromatic carbocycles. The zero-order valence-corrected chi connectivity index (χ0v) is 8.45. The third-order valence-electron chi connectivity index (χ3n) is 1.40. The van der Waals surface area contributed by atoms with E-state index in [-0.39, 0.29) is 12.6 Å². The molecule has 0 aromatic heterocycles. The first-order valence-corrected chi connectivity index (χ1v) is 5.22. The van der Waals surface area contributed by atoms with E-state index >= 15 is 0 Å². The molecule has 0 radical (unpaired) electrons. The van der Waals surface area contributed by atoms with Gasteiger partial charge in [-0.25, -0.2) is 0 Å². The van der Waals surface area contributed by atoms with Crippen molar-refractivity contribution in [2.75, 3.05) is 25.2 Å². The molecule has 0 saturated heterocycles. The van der Waals surface area contributed by atoms with Gasteiger partial charge in [0, 0.05) is 11.8 Å². The molecule has 68 valence electrons. The van der Waals surface area contributed by atoms with Crippen LogP contribution < -0.4 is 5.32 Å². The van der Waals surface area contributed by atoms with Gasteiger partial charge in [-0.15, -0.1) is 0 Å².